The van der Waals surface area contributed by atoms with Crippen molar-refractivity contribution >= 4 is 5.91 Å². The highest BCUT2D eigenvalue weighted by atomic mass is 16.3. The van der Waals surface area contributed by atoms with Crippen LogP contribution in [0.3, 0.4) is 0 Å². The largest absolute Gasteiger partial charge is 0.396 e. The molecule has 1 amide bonds. The van der Waals surface area contributed by atoms with Crippen LogP contribution in [-0.2, 0) is 4.79 Å². The third kappa shape index (κ3) is 5.11. The van der Waals surface area contributed by atoms with Crippen LogP contribution in [0.2, 0.25) is 0 Å². The van der Waals surface area contributed by atoms with E-state index in [9.17, 15) is 15.0 Å². The minimum absolute atomic E-state index is 0.0285. The molecule has 1 aromatic carbocycles. The zero-order chi connectivity index (χ0) is 15.8. The first-order chi connectivity index (χ1) is 10.7. The molecule has 0 saturated heterocycles. The number of rotatable bonds is 7. The predicted molar refractivity (Wildman–Crippen MR) is 86.2 cm³/mol. The standard InChI is InChI=1S/C18H27NO3/c20-12-11-16(14-7-3-1-4-8-14)19-18(22)13-17(21)15-9-5-2-6-10-15/h2,5-6,9-10,14,16-17,20-21H,1,3-4,7-8,11-13H2,(H,19,22). The number of nitrogens with one attached hydrogen (secondary N) is 1. The number of carbonyl (C=O) groups is 1. The first-order valence-corrected chi connectivity index (χ1v) is 8.34. The molecule has 4 nitrogen and oxygen atoms in total. The average molecular weight is 305 g/mol. The van der Waals surface area contributed by atoms with Crippen molar-refractivity contribution in [3.63, 3.8) is 0 Å². The molecule has 0 bridgehead atoms. The maximum atomic E-state index is 12.2. The van der Waals surface area contributed by atoms with Gasteiger partial charge in [-0.25, -0.2) is 0 Å². The molecule has 1 aliphatic carbocycles. The van der Waals surface area contributed by atoms with Gasteiger partial charge in [-0.2, -0.15) is 0 Å². The quantitative estimate of drug-likeness (QED) is 0.725. The molecule has 1 saturated carbocycles. The summed E-state index contributed by atoms with van der Waals surface area (Å²) in [5.74, 6) is 0.319. The minimum Gasteiger partial charge on any atom is -0.396 e. The number of hydrogen-bond acceptors (Lipinski definition) is 3. The molecule has 3 N–H and O–H groups in total. The highest BCUT2D eigenvalue weighted by Gasteiger charge is 2.25. The lowest BCUT2D eigenvalue weighted by molar-refractivity contribution is -0.124. The fourth-order valence-corrected chi connectivity index (χ4v) is 3.34. The molecule has 0 spiro atoms. The van der Waals surface area contributed by atoms with Crippen LogP contribution in [0.15, 0.2) is 30.3 Å². The topological polar surface area (TPSA) is 69.6 Å². The second kappa shape index (κ2) is 8.91. The van der Waals surface area contributed by atoms with Gasteiger partial charge in [-0.1, -0.05) is 49.6 Å². The fraction of sp³-hybridized carbons (Fsp3) is 0.611. The van der Waals surface area contributed by atoms with Crippen LogP contribution in [0.5, 0.6) is 0 Å². The van der Waals surface area contributed by atoms with Crippen molar-refractivity contribution in [2.45, 2.75) is 57.1 Å². The Labute approximate surface area is 132 Å². The van der Waals surface area contributed by atoms with Crippen molar-refractivity contribution in [3.8, 4) is 0 Å². The molecular weight excluding hydrogens is 278 g/mol. The summed E-state index contributed by atoms with van der Waals surface area (Å²) in [7, 11) is 0. The summed E-state index contributed by atoms with van der Waals surface area (Å²) >= 11 is 0. The van der Waals surface area contributed by atoms with Gasteiger partial charge < -0.3 is 15.5 Å². The van der Waals surface area contributed by atoms with Crippen LogP contribution in [-0.4, -0.2) is 28.8 Å². The number of carbonyl (C=O) groups excluding carboxylic acids is 1. The van der Waals surface area contributed by atoms with E-state index in [4.69, 9.17) is 0 Å². The molecular formula is C18H27NO3. The maximum absolute atomic E-state index is 12.2. The summed E-state index contributed by atoms with van der Waals surface area (Å²) in [4.78, 5) is 12.2. The van der Waals surface area contributed by atoms with E-state index < -0.39 is 6.10 Å². The van der Waals surface area contributed by atoms with E-state index in [2.05, 4.69) is 5.32 Å². The SMILES string of the molecule is O=C(CC(O)c1ccccc1)NC(CCO)C1CCCCC1. The van der Waals surface area contributed by atoms with E-state index in [0.29, 0.717) is 12.3 Å². The Morgan fingerprint density at radius 2 is 1.86 bits per heavy atom. The summed E-state index contributed by atoms with van der Waals surface area (Å²) < 4.78 is 0. The lowest BCUT2D eigenvalue weighted by atomic mass is 9.82. The number of aliphatic hydroxyl groups is 2. The van der Waals surface area contributed by atoms with E-state index >= 15 is 0 Å². The van der Waals surface area contributed by atoms with E-state index in [1.54, 1.807) is 0 Å². The van der Waals surface area contributed by atoms with Crippen molar-refractivity contribution in [1.29, 1.82) is 0 Å². The molecule has 1 aliphatic rings. The summed E-state index contributed by atoms with van der Waals surface area (Å²) in [6, 6.07) is 9.27. The molecule has 0 heterocycles. The lowest BCUT2D eigenvalue weighted by Crippen LogP contribution is -2.42. The van der Waals surface area contributed by atoms with Crippen molar-refractivity contribution in [3.05, 3.63) is 35.9 Å². The monoisotopic (exact) mass is 305 g/mol. The Hall–Kier alpha value is -1.39. The molecule has 2 atom stereocenters. The first kappa shape index (κ1) is 17.0. The van der Waals surface area contributed by atoms with Crippen molar-refractivity contribution in [2.75, 3.05) is 6.61 Å². The fourth-order valence-electron chi connectivity index (χ4n) is 3.34. The van der Waals surface area contributed by atoms with Gasteiger partial charge in [-0.05, 0) is 30.7 Å². The Morgan fingerprint density at radius 3 is 2.50 bits per heavy atom. The maximum Gasteiger partial charge on any atom is 0.223 e. The molecule has 2 rings (SSSR count). The highest BCUT2D eigenvalue weighted by molar-refractivity contribution is 5.77. The van der Waals surface area contributed by atoms with Gasteiger partial charge in [0, 0.05) is 12.6 Å². The predicted octanol–water partition coefficient (Wildman–Crippen LogP) is 2.56. The van der Waals surface area contributed by atoms with E-state index in [1.807, 2.05) is 30.3 Å². The molecule has 0 aromatic heterocycles. The van der Waals surface area contributed by atoms with Gasteiger partial charge in [0.2, 0.25) is 5.91 Å². The first-order valence-electron chi connectivity index (χ1n) is 8.34. The zero-order valence-electron chi connectivity index (χ0n) is 13.1. The van der Waals surface area contributed by atoms with Crippen molar-refractivity contribution < 1.29 is 15.0 Å². The van der Waals surface area contributed by atoms with Gasteiger partial charge >= 0.3 is 0 Å². The Kier molecular flexibility index (Phi) is 6.87. The third-order valence-electron chi connectivity index (χ3n) is 4.57. The van der Waals surface area contributed by atoms with Crippen molar-refractivity contribution in [2.24, 2.45) is 5.92 Å². The Morgan fingerprint density at radius 1 is 1.18 bits per heavy atom. The van der Waals surface area contributed by atoms with E-state index in [1.165, 1.54) is 19.3 Å². The number of aliphatic hydroxyl groups excluding tert-OH is 2. The third-order valence-corrected chi connectivity index (χ3v) is 4.57. The summed E-state index contributed by atoms with van der Waals surface area (Å²) in [6.45, 7) is 0.0860. The molecule has 4 heteroatoms. The van der Waals surface area contributed by atoms with Crippen LogP contribution >= 0.6 is 0 Å². The molecule has 1 aromatic rings. The summed E-state index contributed by atoms with van der Waals surface area (Å²) in [5.41, 5.74) is 0.758. The van der Waals surface area contributed by atoms with Crippen LogP contribution in [0.25, 0.3) is 0 Å². The van der Waals surface area contributed by atoms with Gasteiger partial charge in [0.25, 0.3) is 0 Å². The highest BCUT2D eigenvalue weighted by Crippen LogP contribution is 2.28. The van der Waals surface area contributed by atoms with E-state index in [-0.39, 0.29) is 25.0 Å². The van der Waals surface area contributed by atoms with Crippen LogP contribution < -0.4 is 5.32 Å². The van der Waals surface area contributed by atoms with Gasteiger partial charge in [0.15, 0.2) is 0 Å². The van der Waals surface area contributed by atoms with Crippen LogP contribution in [0, 0.1) is 5.92 Å². The van der Waals surface area contributed by atoms with Gasteiger partial charge in [-0.15, -0.1) is 0 Å². The number of hydrogen-bond donors (Lipinski definition) is 3. The second-order valence-corrected chi connectivity index (χ2v) is 6.21. The molecule has 22 heavy (non-hydrogen) atoms. The minimum atomic E-state index is -0.776. The second-order valence-electron chi connectivity index (χ2n) is 6.21. The summed E-state index contributed by atoms with van der Waals surface area (Å²) in [6.07, 6.45) is 5.80. The van der Waals surface area contributed by atoms with Gasteiger partial charge in [-0.3, -0.25) is 4.79 Å². The lowest BCUT2D eigenvalue weighted by Gasteiger charge is -2.31. The van der Waals surface area contributed by atoms with Gasteiger partial charge in [0.05, 0.1) is 12.5 Å². The number of amides is 1. The van der Waals surface area contributed by atoms with Crippen LogP contribution in [0.1, 0.15) is 56.6 Å². The summed E-state index contributed by atoms with van der Waals surface area (Å²) in [5, 5.41) is 22.4. The Balaban J connectivity index is 1.87. The zero-order valence-corrected chi connectivity index (χ0v) is 13.1. The normalized spacial score (nSPS) is 18.6. The van der Waals surface area contributed by atoms with Crippen LogP contribution in [0.4, 0.5) is 0 Å². The average Bonchev–Trinajstić information content (AvgIpc) is 2.56. The Bertz CT molecular complexity index is 443. The molecule has 1 fully saturated rings. The molecule has 0 aliphatic heterocycles. The number of benzene rings is 1. The molecule has 122 valence electrons. The smallest absolute Gasteiger partial charge is 0.223 e. The van der Waals surface area contributed by atoms with E-state index in [0.717, 1.165) is 18.4 Å². The van der Waals surface area contributed by atoms with Crippen molar-refractivity contribution in [1.82, 2.24) is 5.32 Å². The molecule has 0 radical (unpaired) electrons. The van der Waals surface area contributed by atoms with Gasteiger partial charge in [0.1, 0.15) is 0 Å². The molecule has 2 unspecified atom stereocenters.